The topological polar surface area (TPSA) is 66.8 Å². The molecule has 0 bridgehead atoms. The van der Waals surface area contributed by atoms with Crippen LogP contribution >= 0.6 is 11.6 Å². The van der Waals surface area contributed by atoms with Crippen LogP contribution in [0.4, 0.5) is 0 Å². The van der Waals surface area contributed by atoms with Gasteiger partial charge in [0.25, 0.3) is 5.91 Å². The SMILES string of the molecule is Cc1nn(C)c(C)c1CN(C)C(=O)c1cc(-c2ccc(Cl)cc2)n[nH]1. The van der Waals surface area contributed by atoms with Gasteiger partial charge in [-0.3, -0.25) is 14.6 Å². The van der Waals surface area contributed by atoms with Gasteiger partial charge in [-0.25, -0.2) is 0 Å². The smallest absolute Gasteiger partial charge is 0.271 e. The molecule has 0 aliphatic carbocycles. The van der Waals surface area contributed by atoms with Gasteiger partial charge in [0.2, 0.25) is 0 Å². The summed E-state index contributed by atoms with van der Waals surface area (Å²) in [6.07, 6.45) is 0. The van der Waals surface area contributed by atoms with Crippen LogP contribution in [-0.2, 0) is 13.6 Å². The monoisotopic (exact) mass is 357 g/mol. The van der Waals surface area contributed by atoms with E-state index in [1.54, 1.807) is 30.1 Å². The maximum atomic E-state index is 12.7. The number of H-pyrrole nitrogens is 1. The number of aromatic amines is 1. The van der Waals surface area contributed by atoms with Crippen molar-refractivity contribution < 1.29 is 4.79 Å². The minimum Gasteiger partial charge on any atom is -0.336 e. The van der Waals surface area contributed by atoms with Gasteiger partial charge >= 0.3 is 0 Å². The molecule has 3 aromatic rings. The van der Waals surface area contributed by atoms with Crippen LogP contribution in [0.15, 0.2) is 30.3 Å². The van der Waals surface area contributed by atoms with E-state index >= 15 is 0 Å². The lowest BCUT2D eigenvalue weighted by Gasteiger charge is -2.16. The molecule has 2 heterocycles. The number of aryl methyl sites for hydroxylation is 2. The van der Waals surface area contributed by atoms with Gasteiger partial charge in [-0.15, -0.1) is 0 Å². The third kappa shape index (κ3) is 3.44. The molecule has 1 amide bonds. The molecule has 2 aromatic heterocycles. The number of carbonyl (C=O) groups excluding carboxylic acids is 1. The number of nitrogens with one attached hydrogen (secondary N) is 1. The summed E-state index contributed by atoms with van der Waals surface area (Å²) in [6.45, 7) is 4.46. The number of benzene rings is 1. The molecule has 0 aliphatic heterocycles. The molecule has 1 N–H and O–H groups in total. The Morgan fingerprint density at radius 3 is 2.56 bits per heavy atom. The summed E-state index contributed by atoms with van der Waals surface area (Å²) in [6, 6.07) is 9.10. The van der Waals surface area contributed by atoms with Crippen LogP contribution in [0.25, 0.3) is 11.3 Å². The zero-order chi connectivity index (χ0) is 18.1. The highest BCUT2D eigenvalue weighted by atomic mass is 35.5. The van der Waals surface area contributed by atoms with Gasteiger partial charge in [0, 0.05) is 42.5 Å². The lowest BCUT2D eigenvalue weighted by atomic mass is 10.1. The second kappa shape index (κ2) is 6.72. The second-order valence-corrected chi connectivity index (χ2v) is 6.54. The average molecular weight is 358 g/mol. The highest BCUT2D eigenvalue weighted by Crippen LogP contribution is 2.21. The molecule has 25 heavy (non-hydrogen) atoms. The van der Waals surface area contributed by atoms with Gasteiger partial charge in [-0.2, -0.15) is 10.2 Å². The van der Waals surface area contributed by atoms with Crippen LogP contribution in [0.3, 0.4) is 0 Å². The molecule has 0 fully saturated rings. The van der Waals surface area contributed by atoms with Crippen molar-refractivity contribution >= 4 is 17.5 Å². The molecule has 0 atom stereocenters. The Balaban J connectivity index is 1.78. The number of aromatic nitrogens is 4. The average Bonchev–Trinajstić information content (AvgIpc) is 3.16. The van der Waals surface area contributed by atoms with Crippen LogP contribution in [0.2, 0.25) is 5.02 Å². The number of amides is 1. The van der Waals surface area contributed by atoms with Gasteiger partial charge in [-0.1, -0.05) is 23.7 Å². The Labute approximate surface area is 151 Å². The van der Waals surface area contributed by atoms with E-state index in [-0.39, 0.29) is 5.91 Å². The summed E-state index contributed by atoms with van der Waals surface area (Å²) in [5, 5.41) is 12.1. The van der Waals surface area contributed by atoms with Gasteiger partial charge < -0.3 is 4.90 Å². The molecule has 7 heteroatoms. The Bertz CT molecular complexity index is 910. The van der Waals surface area contributed by atoms with Crippen LogP contribution in [0.1, 0.15) is 27.4 Å². The Morgan fingerprint density at radius 2 is 1.96 bits per heavy atom. The van der Waals surface area contributed by atoms with Gasteiger partial charge in [0.15, 0.2) is 0 Å². The number of halogens is 1. The number of rotatable bonds is 4. The third-order valence-corrected chi connectivity index (χ3v) is 4.60. The molecule has 0 unspecified atom stereocenters. The van der Waals surface area contributed by atoms with Crippen LogP contribution in [0, 0.1) is 13.8 Å². The molecule has 0 spiro atoms. The first-order valence-corrected chi connectivity index (χ1v) is 8.30. The number of nitrogens with zero attached hydrogens (tertiary/aromatic N) is 4. The molecular formula is C18H20ClN5O. The predicted octanol–water partition coefficient (Wildman–Crippen LogP) is 3.35. The summed E-state index contributed by atoms with van der Waals surface area (Å²) in [7, 11) is 3.68. The molecule has 3 rings (SSSR count). The molecule has 0 radical (unpaired) electrons. The van der Waals surface area contributed by atoms with Crippen LogP contribution < -0.4 is 0 Å². The van der Waals surface area contributed by atoms with E-state index in [1.165, 1.54) is 0 Å². The van der Waals surface area contributed by atoms with Crippen LogP contribution in [-0.4, -0.2) is 37.8 Å². The lowest BCUT2D eigenvalue weighted by molar-refractivity contribution is 0.0779. The third-order valence-electron chi connectivity index (χ3n) is 4.35. The van der Waals surface area contributed by atoms with Crippen molar-refractivity contribution in [1.82, 2.24) is 24.9 Å². The normalized spacial score (nSPS) is 10.9. The highest BCUT2D eigenvalue weighted by molar-refractivity contribution is 6.30. The minimum atomic E-state index is -0.115. The van der Waals surface area contributed by atoms with E-state index in [1.807, 2.05) is 37.7 Å². The highest BCUT2D eigenvalue weighted by Gasteiger charge is 2.19. The molecule has 0 saturated carbocycles. The molecule has 6 nitrogen and oxygen atoms in total. The van der Waals surface area contributed by atoms with Crippen molar-refractivity contribution in [3.8, 4) is 11.3 Å². The number of hydrogen-bond acceptors (Lipinski definition) is 3. The fraction of sp³-hybridized carbons (Fsp3) is 0.278. The van der Waals surface area contributed by atoms with Gasteiger partial charge in [-0.05, 0) is 32.0 Å². The quantitative estimate of drug-likeness (QED) is 0.778. The second-order valence-electron chi connectivity index (χ2n) is 6.11. The van der Waals surface area contributed by atoms with Crippen molar-refractivity contribution in [3.63, 3.8) is 0 Å². The van der Waals surface area contributed by atoms with E-state index in [2.05, 4.69) is 15.3 Å². The number of hydrogen-bond donors (Lipinski definition) is 1. The van der Waals surface area contributed by atoms with Crippen molar-refractivity contribution in [2.24, 2.45) is 7.05 Å². The summed E-state index contributed by atoms with van der Waals surface area (Å²) >= 11 is 5.90. The fourth-order valence-corrected chi connectivity index (χ4v) is 2.89. The molecule has 1 aromatic carbocycles. The minimum absolute atomic E-state index is 0.115. The molecule has 0 saturated heterocycles. The fourth-order valence-electron chi connectivity index (χ4n) is 2.76. The first-order valence-electron chi connectivity index (χ1n) is 7.92. The van der Waals surface area contributed by atoms with Gasteiger partial charge in [0.05, 0.1) is 11.4 Å². The van der Waals surface area contributed by atoms with E-state index in [0.717, 1.165) is 22.5 Å². The lowest BCUT2D eigenvalue weighted by Crippen LogP contribution is -2.27. The molecule has 0 aliphatic rings. The zero-order valence-electron chi connectivity index (χ0n) is 14.7. The van der Waals surface area contributed by atoms with Crippen molar-refractivity contribution in [2.45, 2.75) is 20.4 Å². The maximum Gasteiger partial charge on any atom is 0.271 e. The zero-order valence-corrected chi connectivity index (χ0v) is 15.4. The predicted molar refractivity (Wildman–Crippen MR) is 97.5 cm³/mol. The number of carbonyl (C=O) groups is 1. The van der Waals surface area contributed by atoms with Crippen LogP contribution in [0.5, 0.6) is 0 Å². The molecular weight excluding hydrogens is 338 g/mol. The standard InChI is InChI=1S/C18H20ClN5O/c1-11-15(12(2)24(4)22-11)10-23(3)18(25)17-9-16(20-21-17)13-5-7-14(19)8-6-13/h5-9H,10H2,1-4H3,(H,20,21). The molecule has 130 valence electrons. The van der Waals surface area contributed by atoms with Crippen molar-refractivity contribution in [1.29, 1.82) is 0 Å². The summed E-state index contributed by atoms with van der Waals surface area (Å²) in [5.74, 6) is -0.115. The summed E-state index contributed by atoms with van der Waals surface area (Å²) < 4.78 is 1.83. The largest absolute Gasteiger partial charge is 0.336 e. The summed E-state index contributed by atoms with van der Waals surface area (Å²) in [4.78, 5) is 14.3. The maximum absolute atomic E-state index is 12.7. The van der Waals surface area contributed by atoms with E-state index in [4.69, 9.17) is 11.6 Å². The van der Waals surface area contributed by atoms with E-state index in [0.29, 0.717) is 23.0 Å². The summed E-state index contributed by atoms with van der Waals surface area (Å²) in [5.41, 5.74) is 5.13. The Morgan fingerprint density at radius 1 is 1.28 bits per heavy atom. The van der Waals surface area contributed by atoms with Gasteiger partial charge in [0.1, 0.15) is 5.69 Å². The first-order chi connectivity index (χ1) is 11.9. The van der Waals surface area contributed by atoms with Crippen molar-refractivity contribution in [3.05, 3.63) is 58.0 Å². The van der Waals surface area contributed by atoms with Crippen molar-refractivity contribution in [2.75, 3.05) is 7.05 Å². The van der Waals surface area contributed by atoms with E-state index < -0.39 is 0 Å². The first kappa shape index (κ1) is 17.2. The Kier molecular flexibility index (Phi) is 4.63. The van der Waals surface area contributed by atoms with E-state index in [9.17, 15) is 4.79 Å². The Hall–Kier alpha value is -2.60.